The van der Waals surface area contributed by atoms with Crippen LogP contribution in [0.3, 0.4) is 0 Å². The summed E-state index contributed by atoms with van der Waals surface area (Å²) < 4.78 is 12.7. The van der Waals surface area contributed by atoms with Gasteiger partial charge in [-0.15, -0.1) is 0 Å². The van der Waals surface area contributed by atoms with Crippen molar-refractivity contribution in [2.45, 2.75) is 6.61 Å². The van der Waals surface area contributed by atoms with Crippen LogP contribution >= 0.6 is 43.5 Å². The number of fused-ring (bicyclic) bond motifs is 2. The van der Waals surface area contributed by atoms with E-state index in [2.05, 4.69) is 51.8 Å². The molecule has 0 aliphatic rings. The predicted octanol–water partition coefficient (Wildman–Crippen LogP) is 7.03. The molecule has 9 heteroatoms. The number of ether oxygens (including phenoxy) is 2. The number of aromatic nitrogens is 4. The molecule has 6 nitrogen and oxygen atoms in total. The van der Waals surface area contributed by atoms with Crippen molar-refractivity contribution in [2.75, 3.05) is 7.11 Å². The fourth-order valence-electron chi connectivity index (χ4n) is 2.88. The minimum Gasteiger partial charge on any atom is -0.497 e. The molecule has 0 saturated carbocycles. The summed E-state index contributed by atoms with van der Waals surface area (Å²) in [5, 5.41) is 0.488. The highest BCUT2D eigenvalue weighted by Crippen LogP contribution is 2.20. The summed E-state index contributed by atoms with van der Waals surface area (Å²) in [6.07, 6.45) is 3.49. The Balaban J connectivity index is 0.000000183. The van der Waals surface area contributed by atoms with E-state index in [4.69, 9.17) is 21.1 Å². The molecular formula is C24H17Br2ClN4O2. The summed E-state index contributed by atoms with van der Waals surface area (Å²) in [6.45, 7) is 0.462. The van der Waals surface area contributed by atoms with Crippen LogP contribution in [0, 0.1) is 0 Å². The number of halogens is 3. The molecule has 1 aromatic carbocycles. The van der Waals surface area contributed by atoms with E-state index in [1.807, 2.05) is 54.6 Å². The molecule has 0 fully saturated rings. The smallest absolute Gasteiger partial charge is 0.214 e. The number of benzene rings is 1. The Hall–Kier alpha value is -2.81. The molecule has 5 rings (SSSR count). The van der Waals surface area contributed by atoms with Crippen molar-refractivity contribution in [3.8, 4) is 11.6 Å². The molecule has 0 bridgehead atoms. The molecule has 0 N–H and O–H groups in total. The number of nitrogens with zero attached hydrogens (tertiary/aromatic N) is 4. The Labute approximate surface area is 212 Å². The van der Waals surface area contributed by atoms with Crippen LogP contribution in [0.4, 0.5) is 0 Å². The van der Waals surface area contributed by atoms with Gasteiger partial charge >= 0.3 is 0 Å². The van der Waals surface area contributed by atoms with Crippen molar-refractivity contribution in [1.29, 1.82) is 0 Å². The van der Waals surface area contributed by atoms with Gasteiger partial charge in [0.2, 0.25) is 5.88 Å². The molecule has 0 radical (unpaired) electrons. The van der Waals surface area contributed by atoms with E-state index in [1.54, 1.807) is 25.6 Å². The molecule has 0 amide bonds. The normalized spacial score (nSPS) is 10.5. The Morgan fingerprint density at radius 3 is 2.00 bits per heavy atom. The van der Waals surface area contributed by atoms with Crippen LogP contribution < -0.4 is 9.47 Å². The van der Waals surface area contributed by atoms with Gasteiger partial charge in [-0.25, -0.2) is 9.97 Å². The van der Waals surface area contributed by atoms with E-state index >= 15 is 0 Å². The van der Waals surface area contributed by atoms with Gasteiger partial charge in [-0.05, 0) is 79.9 Å². The number of rotatable bonds is 4. The van der Waals surface area contributed by atoms with Gasteiger partial charge < -0.3 is 9.47 Å². The van der Waals surface area contributed by atoms with Crippen molar-refractivity contribution in [3.63, 3.8) is 0 Å². The van der Waals surface area contributed by atoms with E-state index in [1.165, 1.54) is 0 Å². The average molecular weight is 589 g/mol. The van der Waals surface area contributed by atoms with Gasteiger partial charge in [0.25, 0.3) is 0 Å². The minimum absolute atomic E-state index is 0.462. The number of methoxy groups -OCH3 is 1. The lowest BCUT2D eigenvalue weighted by Crippen LogP contribution is -1.97. The molecule has 0 atom stereocenters. The summed E-state index contributed by atoms with van der Waals surface area (Å²) in [5.74, 6) is 1.41. The summed E-state index contributed by atoms with van der Waals surface area (Å²) in [4.78, 5) is 17.0. The van der Waals surface area contributed by atoms with Crippen LogP contribution in [0.1, 0.15) is 5.56 Å². The molecular weight excluding hydrogens is 572 g/mol. The van der Waals surface area contributed by atoms with Crippen molar-refractivity contribution < 1.29 is 9.47 Å². The van der Waals surface area contributed by atoms with Crippen molar-refractivity contribution >= 4 is 65.5 Å². The van der Waals surface area contributed by atoms with Gasteiger partial charge in [0, 0.05) is 27.4 Å². The second-order valence-electron chi connectivity index (χ2n) is 6.80. The molecule has 0 spiro atoms. The molecule has 5 aromatic rings. The van der Waals surface area contributed by atoms with Gasteiger partial charge in [0.05, 0.1) is 29.2 Å². The van der Waals surface area contributed by atoms with Gasteiger partial charge in [-0.1, -0.05) is 23.7 Å². The molecule has 0 aliphatic carbocycles. The highest BCUT2D eigenvalue weighted by atomic mass is 79.9. The van der Waals surface area contributed by atoms with Gasteiger partial charge in [-0.2, -0.15) is 0 Å². The van der Waals surface area contributed by atoms with E-state index in [0.717, 1.165) is 42.3 Å². The maximum atomic E-state index is 5.72. The third-order valence-electron chi connectivity index (χ3n) is 4.49. The Morgan fingerprint density at radius 2 is 1.36 bits per heavy atom. The Kier molecular flexibility index (Phi) is 7.69. The van der Waals surface area contributed by atoms with E-state index in [-0.39, 0.29) is 0 Å². The first-order chi connectivity index (χ1) is 16.0. The maximum absolute atomic E-state index is 5.72. The van der Waals surface area contributed by atoms with Crippen LogP contribution in [-0.2, 0) is 6.61 Å². The average Bonchev–Trinajstić information content (AvgIpc) is 2.83. The fourth-order valence-corrected chi connectivity index (χ4v) is 3.67. The van der Waals surface area contributed by atoms with Crippen molar-refractivity contribution in [3.05, 3.63) is 92.7 Å². The summed E-state index contributed by atoms with van der Waals surface area (Å²) in [7, 11) is 1.65. The number of hydrogen-bond acceptors (Lipinski definition) is 6. The lowest BCUT2D eigenvalue weighted by Gasteiger charge is -2.07. The molecule has 0 unspecified atom stereocenters. The van der Waals surface area contributed by atoms with Crippen LogP contribution in [0.15, 0.2) is 82.0 Å². The van der Waals surface area contributed by atoms with Crippen LogP contribution in [-0.4, -0.2) is 27.0 Å². The first-order valence-corrected chi connectivity index (χ1v) is 11.7. The van der Waals surface area contributed by atoms with E-state index < -0.39 is 0 Å². The molecule has 33 heavy (non-hydrogen) atoms. The zero-order valence-electron chi connectivity index (χ0n) is 17.4. The Morgan fingerprint density at radius 1 is 0.758 bits per heavy atom. The molecule has 0 aliphatic heterocycles. The van der Waals surface area contributed by atoms with Crippen molar-refractivity contribution in [1.82, 2.24) is 19.9 Å². The van der Waals surface area contributed by atoms with Crippen LogP contribution in [0.25, 0.3) is 22.1 Å². The highest BCUT2D eigenvalue weighted by molar-refractivity contribution is 9.10. The molecule has 4 heterocycles. The zero-order valence-corrected chi connectivity index (χ0v) is 21.3. The maximum Gasteiger partial charge on any atom is 0.214 e. The van der Waals surface area contributed by atoms with Gasteiger partial charge in [0.15, 0.2) is 0 Å². The minimum atomic E-state index is 0.462. The van der Waals surface area contributed by atoms with E-state index in [9.17, 15) is 0 Å². The topological polar surface area (TPSA) is 70.0 Å². The first kappa shape index (κ1) is 23.4. The lowest BCUT2D eigenvalue weighted by molar-refractivity contribution is 0.295. The third-order valence-corrected chi connectivity index (χ3v) is 5.57. The molecule has 166 valence electrons. The second kappa shape index (κ2) is 10.9. The lowest BCUT2D eigenvalue weighted by atomic mass is 10.2. The van der Waals surface area contributed by atoms with Crippen molar-refractivity contribution in [2.24, 2.45) is 0 Å². The highest BCUT2D eigenvalue weighted by Gasteiger charge is 2.02. The summed E-state index contributed by atoms with van der Waals surface area (Å²) >= 11 is 12.4. The molecule has 4 aromatic heterocycles. The Bertz CT molecular complexity index is 1360. The SMILES string of the molecule is COc1ccc(COc2ccc3ncc(Br)cc3n2)cc1.Clc1ccc2ncc(Br)cc2n1. The fraction of sp³-hybridized carbons (Fsp3) is 0.0833. The monoisotopic (exact) mass is 586 g/mol. The summed E-state index contributed by atoms with van der Waals surface area (Å²) in [6, 6.07) is 18.9. The largest absolute Gasteiger partial charge is 0.497 e. The van der Waals surface area contributed by atoms with Crippen LogP contribution in [0.5, 0.6) is 11.6 Å². The van der Waals surface area contributed by atoms with Gasteiger partial charge in [-0.3, -0.25) is 9.97 Å². The number of hydrogen-bond donors (Lipinski definition) is 0. The second-order valence-corrected chi connectivity index (χ2v) is 9.02. The standard InChI is InChI=1S/C16H13BrN2O2.C8H4BrClN2/c1-20-13-4-2-11(3-5-13)10-21-16-7-6-14-15(19-16)8-12(17)9-18-14;9-5-3-7-6(11-4-5)1-2-8(10)12-7/h2-9H,10H2,1H3;1-4H. The predicted molar refractivity (Wildman–Crippen MR) is 137 cm³/mol. The van der Waals surface area contributed by atoms with Gasteiger partial charge in [0.1, 0.15) is 17.5 Å². The molecule has 0 saturated heterocycles. The van der Waals surface area contributed by atoms with Crippen LogP contribution in [0.2, 0.25) is 5.15 Å². The van der Waals surface area contributed by atoms with E-state index in [0.29, 0.717) is 17.6 Å². The number of pyridine rings is 4. The first-order valence-electron chi connectivity index (χ1n) is 9.76. The quantitative estimate of drug-likeness (QED) is 0.210. The summed E-state index contributed by atoms with van der Waals surface area (Å²) in [5.41, 5.74) is 4.36. The zero-order chi connectivity index (χ0) is 23.2. The third kappa shape index (κ3) is 6.37.